The zero-order chi connectivity index (χ0) is 9.14. The molecule has 0 heterocycles. The Kier molecular flexibility index (Phi) is 3.09. The van der Waals surface area contributed by atoms with Crippen LogP contribution in [-0.4, -0.2) is 30.9 Å². The van der Waals surface area contributed by atoms with Crippen LogP contribution in [0.2, 0.25) is 0 Å². The van der Waals surface area contributed by atoms with Crippen molar-refractivity contribution < 1.29 is 4.79 Å². The lowest BCUT2D eigenvalue weighted by atomic mass is 9.83. The Balaban J connectivity index is 2.60. The molecule has 1 saturated carbocycles. The molecule has 1 rings (SSSR count). The summed E-state index contributed by atoms with van der Waals surface area (Å²) in [4.78, 5) is 13.2. The zero-order valence-electron chi connectivity index (χ0n) is 7.92. The molecule has 0 aromatic carbocycles. The fourth-order valence-corrected chi connectivity index (χ4v) is 2.06. The molecule has 2 atom stereocenters. The number of rotatable bonds is 2. The van der Waals surface area contributed by atoms with E-state index in [9.17, 15) is 4.79 Å². The highest BCUT2D eigenvalue weighted by molar-refractivity contribution is 5.77. The van der Waals surface area contributed by atoms with Crippen LogP contribution in [0.15, 0.2) is 0 Å². The third-order valence-corrected chi connectivity index (χ3v) is 2.76. The molecule has 0 aromatic heterocycles. The topological polar surface area (TPSA) is 46.3 Å². The first-order valence-electron chi connectivity index (χ1n) is 4.58. The van der Waals surface area contributed by atoms with Crippen molar-refractivity contribution in [1.82, 2.24) is 4.90 Å². The first-order chi connectivity index (χ1) is 5.63. The van der Waals surface area contributed by atoms with E-state index in [-0.39, 0.29) is 11.8 Å². The zero-order valence-corrected chi connectivity index (χ0v) is 7.92. The Labute approximate surface area is 73.9 Å². The Morgan fingerprint density at radius 2 is 1.92 bits per heavy atom. The maximum absolute atomic E-state index is 11.1. The minimum Gasteiger partial charge on any atom is -0.369 e. The summed E-state index contributed by atoms with van der Waals surface area (Å²) in [6.07, 6.45) is 4.46. The van der Waals surface area contributed by atoms with Gasteiger partial charge in [-0.2, -0.15) is 0 Å². The summed E-state index contributed by atoms with van der Waals surface area (Å²) in [6.45, 7) is 0. The van der Waals surface area contributed by atoms with Gasteiger partial charge < -0.3 is 10.6 Å². The van der Waals surface area contributed by atoms with Crippen LogP contribution in [0.5, 0.6) is 0 Å². The van der Waals surface area contributed by atoms with E-state index in [0.717, 1.165) is 19.3 Å². The molecule has 1 aliphatic rings. The van der Waals surface area contributed by atoms with Crippen molar-refractivity contribution in [3.8, 4) is 0 Å². The summed E-state index contributed by atoms with van der Waals surface area (Å²) in [7, 11) is 4.04. The Bertz CT molecular complexity index is 168. The van der Waals surface area contributed by atoms with Gasteiger partial charge in [-0.15, -0.1) is 0 Å². The number of nitrogens with two attached hydrogens (primary N) is 1. The minimum atomic E-state index is -0.131. The Morgan fingerprint density at radius 1 is 1.33 bits per heavy atom. The quantitative estimate of drug-likeness (QED) is 0.659. The lowest BCUT2D eigenvalue weighted by Crippen LogP contribution is -2.43. The first-order valence-corrected chi connectivity index (χ1v) is 4.58. The summed E-state index contributed by atoms with van der Waals surface area (Å²) < 4.78 is 0. The number of nitrogens with zero attached hydrogens (tertiary/aromatic N) is 1. The lowest BCUT2D eigenvalue weighted by molar-refractivity contribution is -0.124. The average Bonchev–Trinajstić information content (AvgIpc) is 2.04. The SMILES string of the molecule is CN(C)[C@H]1CCCC[C@@H]1C(N)=O. The smallest absolute Gasteiger partial charge is 0.222 e. The van der Waals surface area contributed by atoms with Gasteiger partial charge in [0, 0.05) is 6.04 Å². The molecule has 1 fully saturated rings. The van der Waals surface area contributed by atoms with Crippen LogP contribution in [-0.2, 0) is 4.79 Å². The van der Waals surface area contributed by atoms with Crippen molar-refractivity contribution in [2.24, 2.45) is 11.7 Å². The predicted octanol–water partition coefficient (Wildman–Crippen LogP) is 0.592. The summed E-state index contributed by atoms with van der Waals surface area (Å²) in [5, 5.41) is 0. The fourth-order valence-electron chi connectivity index (χ4n) is 2.06. The van der Waals surface area contributed by atoms with Crippen molar-refractivity contribution in [3.63, 3.8) is 0 Å². The summed E-state index contributed by atoms with van der Waals surface area (Å²) in [5.41, 5.74) is 5.33. The van der Waals surface area contributed by atoms with Gasteiger partial charge in [0.2, 0.25) is 5.91 Å². The van der Waals surface area contributed by atoms with Gasteiger partial charge >= 0.3 is 0 Å². The van der Waals surface area contributed by atoms with Crippen LogP contribution in [0.25, 0.3) is 0 Å². The maximum Gasteiger partial charge on any atom is 0.222 e. The molecule has 0 unspecified atom stereocenters. The largest absolute Gasteiger partial charge is 0.369 e. The van der Waals surface area contributed by atoms with E-state index in [1.165, 1.54) is 6.42 Å². The van der Waals surface area contributed by atoms with Crippen LogP contribution in [0.1, 0.15) is 25.7 Å². The average molecular weight is 170 g/mol. The van der Waals surface area contributed by atoms with Gasteiger partial charge in [-0.05, 0) is 26.9 Å². The number of carbonyl (C=O) groups excluding carboxylic acids is 1. The molecule has 2 N–H and O–H groups in total. The molecular weight excluding hydrogens is 152 g/mol. The normalized spacial score (nSPS) is 30.6. The van der Waals surface area contributed by atoms with Crippen LogP contribution < -0.4 is 5.73 Å². The third kappa shape index (κ3) is 1.97. The van der Waals surface area contributed by atoms with Crippen molar-refractivity contribution in [2.45, 2.75) is 31.7 Å². The molecule has 0 bridgehead atoms. The van der Waals surface area contributed by atoms with E-state index >= 15 is 0 Å². The summed E-state index contributed by atoms with van der Waals surface area (Å²) in [5.74, 6) is -0.0536. The highest BCUT2D eigenvalue weighted by Crippen LogP contribution is 2.26. The van der Waals surface area contributed by atoms with Crippen LogP contribution in [0, 0.1) is 5.92 Å². The van der Waals surface area contributed by atoms with Crippen molar-refractivity contribution in [3.05, 3.63) is 0 Å². The van der Waals surface area contributed by atoms with Gasteiger partial charge in [0.15, 0.2) is 0 Å². The Hall–Kier alpha value is -0.570. The van der Waals surface area contributed by atoms with Crippen LogP contribution in [0.3, 0.4) is 0 Å². The second kappa shape index (κ2) is 3.90. The molecule has 1 aliphatic carbocycles. The molecule has 0 aliphatic heterocycles. The van der Waals surface area contributed by atoms with Crippen molar-refractivity contribution >= 4 is 5.91 Å². The number of hydrogen-bond donors (Lipinski definition) is 1. The minimum absolute atomic E-state index is 0.0775. The molecule has 70 valence electrons. The van der Waals surface area contributed by atoms with Gasteiger partial charge in [-0.3, -0.25) is 4.79 Å². The highest BCUT2D eigenvalue weighted by Gasteiger charge is 2.30. The molecule has 12 heavy (non-hydrogen) atoms. The van der Waals surface area contributed by atoms with Crippen LogP contribution >= 0.6 is 0 Å². The van der Waals surface area contributed by atoms with Gasteiger partial charge in [0.05, 0.1) is 5.92 Å². The second-order valence-electron chi connectivity index (χ2n) is 3.82. The fraction of sp³-hybridized carbons (Fsp3) is 0.889. The molecule has 3 heteroatoms. The number of hydrogen-bond acceptors (Lipinski definition) is 2. The lowest BCUT2D eigenvalue weighted by Gasteiger charge is -2.34. The third-order valence-electron chi connectivity index (χ3n) is 2.76. The predicted molar refractivity (Wildman–Crippen MR) is 48.6 cm³/mol. The summed E-state index contributed by atoms with van der Waals surface area (Å²) in [6, 6.07) is 0.372. The number of amides is 1. The monoisotopic (exact) mass is 170 g/mol. The van der Waals surface area contributed by atoms with E-state index in [1.54, 1.807) is 0 Å². The standard InChI is InChI=1S/C9H18N2O/c1-11(2)8-6-4-3-5-7(8)9(10)12/h7-8H,3-6H2,1-2H3,(H2,10,12)/t7-,8-/m0/s1. The van der Waals surface area contributed by atoms with E-state index in [0.29, 0.717) is 6.04 Å². The molecular formula is C9H18N2O. The number of primary amides is 1. The van der Waals surface area contributed by atoms with Crippen molar-refractivity contribution in [2.75, 3.05) is 14.1 Å². The maximum atomic E-state index is 11.1. The first kappa shape index (κ1) is 9.52. The van der Waals surface area contributed by atoms with Gasteiger partial charge in [-0.1, -0.05) is 12.8 Å². The molecule has 0 spiro atoms. The molecule has 0 aromatic rings. The van der Waals surface area contributed by atoms with E-state index in [4.69, 9.17) is 5.73 Å². The molecule has 3 nitrogen and oxygen atoms in total. The number of carbonyl (C=O) groups is 1. The second-order valence-corrected chi connectivity index (χ2v) is 3.82. The Morgan fingerprint density at radius 3 is 2.33 bits per heavy atom. The van der Waals surface area contributed by atoms with Crippen LogP contribution in [0.4, 0.5) is 0 Å². The molecule has 0 saturated heterocycles. The van der Waals surface area contributed by atoms with Crippen molar-refractivity contribution in [1.29, 1.82) is 0 Å². The molecule has 1 amide bonds. The highest BCUT2D eigenvalue weighted by atomic mass is 16.1. The van der Waals surface area contributed by atoms with Gasteiger partial charge in [-0.25, -0.2) is 0 Å². The van der Waals surface area contributed by atoms with Gasteiger partial charge in [0.1, 0.15) is 0 Å². The summed E-state index contributed by atoms with van der Waals surface area (Å²) >= 11 is 0. The molecule has 0 radical (unpaired) electrons. The van der Waals surface area contributed by atoms with E-state index in [2.05, 4.69) is 4.90 Å². The van der Waals surface area contributed by atoms with E-state index < -0.39 is 0 Å². The van der Waals surface area contributed by atoms with E-state index in [1.807, 2.05) is 14.1 Å². The van der Waals surface area contributed by atoms with Gasteiger partial charge in [0.25, 0.3) is 0 Å².